The van der Waals surface area contributed by atoms with Crippen LogP contribution in [0.2, 0.25) is 0 Å². The van der Waals surface area contributed by atoms with Gasteiger partial charge in [0.05, 0.1) is 18.4 Å². The first-order valence-corrected chi connectivity index (χ1v) is 10.3. The molecule has 4 bridgehead atoms. The Bertz CT molecular complexity index is 927. The number of aldehydes is 1. The van der Waals surface area contributed by atoms with E-state index in [0.717, 1.165) is 37.2 Å². The van der Waals surface area contributed by atoms with E-state index in [-0.39, 0.29) is 28.8 Å². The zero-order valence-corrected chi connectivity index (χ0v) is 16.9. The fourth-order valence-corrected chi connectivity index (χ4v) is 7.97. The summed E-state index contributed by atoms with van der Waals surface area (Å²) in [7, 11) is 5.66. The molecule has 1 aromatic rings. The van der Waals surface area contributed by atoms with Crippen LogP contribution in [0.5, 0.6) is 11.5 Å². The molecule has 1 saturated carbocycles. The molecule has 7 atom stereocenters. The van der Waals surface area contributed by atoms with E-state index in [1.807, 2.05) is 6.07 Å². The van der Waals surface area contributed by atoms with E-state index in [0.29, 0.717) is 6.04 Å². The summed E-state index contributed by atoms with van der Waals surface area (Å²) < 4.78 is 18.6. The highest BCUT2D eigenvalue weighted by Crippen LogP contribution is 2.75. The van der Waals surface area contributed by atoms with Gasteiger partial charge in [-0.15, -0.1) is 0 Å². The summed E-state index contributed by atoms with van der Waals surface area (Å²) in [5.74, 6) is 1.61. The number of fused-ring (bicyclic) bond motifs is 1. The number of benzene rings is 1. The van der Waals surface area contributed by atoms with Gasteiger partial charge in [0.1, 0.15) is 18.0 Å². The lowest BCUT2D eigenvalue weighted by Gasteiger charge is -2.72. The van der Waals surface area contributed by atoms with Crippen molar-refractivity contribution in [3.05, 3.63) is 35.4 Å². The van der Waals surface area contributed by atoms with E-state index in [2.05, 4.69) is 37.1 Å². The molecule has 0 amide bonds. The minimum absolute atomic E-state index is 0.138. The lowest BCUT2D eigenvalue weighted by atomic mass is 9.34. The van der Waals surface area contributed by atoms with Crippen molar-refractivity contribution < 1.29 is 19.0 Å². The maximum absolute atomic E-state index is 12.4. The van der Waals surface area contributed by atoms with Crippen molar-refractivity contribution in [2.24, 2.45) is 17.3 Å². The number of carbonyl (C=O) groups excluding carboxylic acids is 1. The van der Waals surface area contributed by atoms with Gasteiger partial charge >= 0.3 is 0 Å². The van der Waals surface area contributed by atoms with Crippen molar-refractivity contribution in [1.29, 1.82) is 0 Å². The molecule has 148 valence electrons. The van der Waals surface area contributed by atoms with Crippen LogP contribution in [0.3, 0.4) is 0 Å². The monoisotopic (exact) mass is 381 g/mol. The lowest BCUT2D eigenvalue weighted by molar-refractivity contribution is -0.232. The van der Waals surface area contributed by atoms with E-state index in [1.54, 1.807) is 14.2 Å². The molecule has 1 aromatic carbocycles. The van der Waals surface area contributed by atoms with Crippen LogP contribution in [0.15, 0.2) is 24.3 Å². The van der Waals surface area contributed by atoms with Crippen molar-refractivity contribution >= 4 is 6.29 Å². The van der Waals surface area contributed by atoms with Crippen LogP contribution < -0.4 is 9.47 Å². The fourth-order valence-electron chi connectivity index (χ4n) is 7.97. The third-order valence-corrected chi connectivity index (χ3v) is 9.03. The van der Waals surface area contributed by atoms with Gasteiger partial charge in [0, 0.05) is 24.1 Å². The Kier molecular flexibility index (Phi) is 3.05. The molecule has 2 fully saturated rings. The van der Waals surface area contributed by atoms with Gasteiger partial charge in [-0.2, -0.15) is 0 Å². The number of hydrogen-bond acceptors (Lipinski definition) is 5. The molecule has 0 aromatic heterocycles. The summed E-state index contributed by atoms with van der Waals surface area (Å²) in [6.07, 6.45) is 7.44. The van der Waals surface area contributed by atoms with Crippen LogP contribution in [-0.2, 0) is 21.4 Å². The molecule has 0 radical (unpaired) electrons. The lowest BCUT2D eigenvalue weighted by Crippen LogP contribution is -2.81. The molecule has 0 N–H and O–H groups in total. The van der Waals surface area contributed by atoms with E-state index < -0.39 is 5.60 Å². The van der Waals surface area contributed by atoms with Gasteiger partial charge in [-0.1, -0.05) is 25.1 Å². The largest absolute Gasteiger partial charge is 0.493 e. The minimum Gasteiger partial charge on any atom is -0.493 e. The number of hydrogen-bond donors (Lipinski definition) is 0. The Labute approximate surface area is 165 Å². The molecule has 6 aliphatic rings. The Hall–Kier alpha value is -1.85. The van der Waals surface area contributed by atoms with Crippen molar-refractivity contribution in [3.8, 4) is 11.5 Å². The second-order valence-electron chi connectivity index (χ2n) is 9.33. The Morgan fingerprint density at radius 3 is 2.82 bits per heavy atom. The molecular formula is C23H27NO4. The third kappa shape index (κ3) is 1.40. The van der Waals surface area contributed by atoms with Crippen LogP contribution in [0.1, 0.15) is 24.5 Å². The molecule has 2 spiro atoms. The van der Waals surface area contributed by atoms with Gasteiger partial charge in [-0.25, -0.2) is 0 Å². The number of likely N-dealkylation sites (N-methyl/N-ethyl adjacent to an activating group) is 1. The summed E-state index contributed by atoms with van der Waals surface area (Å²) >= 11 is 0. The predicted molar refractivity (Wildman–Crippen MR) is 104 cm³/mol. The molecule has 5 heteroatoms. The highest BCUT2D eigenvalue weighted by atomic mass is 16.6. The van der Waals surface area contributed by atoms with E-state index in [9.17, 15) is 4.79 Å². The summed E-state index contributed by atoms with van der Waals surface area (Å²) in [6.45, 7) is 3.28. The Morgan fingerprint density at radius 1 is 1.29 bits per heavy atom. The molecule has 5 nitrogen and oxygen atoms in total. The van der Waals surface area contributed by atoms with E-state index in [1.165, 1.54) is 11.1 Å². The van der Waals surface area contributed by atoms with E-state index in [4.69, 9.17) is 14.2 Å². The summed E-state index contributed by atoms with van der Waals surface area (Å²) in [6, 6.07) is 4.60. The average Bonchev–Trinajstić information content (AvgIpc) is 3.08. The van der Waals surface area contributed by atoms with Crippen molar-refractivity contribution in [3.63, 3.8) is 0 Å². The summed E-state index contributed by atoms with van der Waals surface area (Å²) in [4.78, 5) is 14.9. The van der Waals surface area contributed by atoms with Gasteiger partial charge in [0.2, 0.25) is 0 Å². The molecule has 2 heterocycles. The fraction of sp³-hybridized carbons (Fsp3) is 0.609. The van der Waals surface area contributed by atoms with Gasteiger partial charge < -0.3 is 23.9 Å². The number of likely N-dealkylation sites (tertiary alicyclic amines) is 1. The van der Waals surface area contributed by atoms with Crippen LogP contribution in [0.25, 0.3) is 0 Å². The molecule has 7 rings (SSSR count). The number of rotatable bonds is 3. The Morgan fingerprint density at radius 2 is 2.11 bits per heavy atom. The number of nitrogens with zero attached hydrogens (tertiary/aromatic N) is 1. The van der Waals surface area contributed by atoms with Gasteiger partial charge in [-0.05, 0) is 44.0 Å². The highest BCUT2D eigenvalue weighted by Gasteiger charge is 2.81. The van der Waals surface area contributed by atoms with E-state index >= 15 is 0 Å². The first-order chi connectivity index (χ1) is 13.5. The first-order valence-electron chi connectivity index (χ1n) is 10.3. The van der Waals surface area contributed by atoms with Crippen LogP contribution in [0.4, 0.5) is 0 Å². The number of methoxy groups -OCH3 is 2. The average molecular weight is 381 g/mol. The zero-order valence-electron chi connectivity index (χ0n) is 16.9. The maximum atomic E-state index is 12.4. The van der Waals surface area contributed by atoms with Crippen molar-refractivity contribution in [2.75, 3.05) is 27.8 Å². The predicted octanol–water partition coefficient (Wildman–Crippen LogP) is 2.36. The molecule has 1 unspecified atom stereocenters. The topological polar surface area (TPSA) is 48.0 Å². The van der Waals surface area contributed by atoms with Crippen LogP contribution >= 0.6 is 0 Å². The normalized spacial score (nSPS) is 46.9. The maximum Gasteiger partial charge on any atom is 0.166 e. The van der Waals surface area contributed by atoms with Crippen LogP contribution in [-0.4, -0.2) is 56.7 Å². The highest BCUT2D eigenvalue weighted by molar-refractivity contribution is 5.70. The Balaban J connectivity index is 1.75. The molecule has 2 aliphatic heterocycles. The third-order valence-electron chi connectivity index (χ3n) is 9.03. The quantitative estimate of drug-likeness (QED) is 0.594. The SMILES string of the molecule is COc1ccc2c3c1OC1[C@@]4(OC)C=C[C@@]5([C@@H](C)[C@@H]4C=O)[C@@H](C2)N(C)CC[C@]315. The van der Waals surface area contributed by atoms with Crippen molar-refractivity contribution in [1.82, 2.24) is 4.90 Å². The smallest absolute Gasteiger partial charge is 0.166 e. The number of piperidine rings is 1. The van der Waals surface area contributed by atoms with Crippen molar-refractivity contribution in [2.45, 2.75) is 42.9 Å². The zero-order chi connectivity index (χ0) is 19.5. The number of ether oxygens (including phenoxy) is 3. The molecular weight excluding hydrogens is 354 g/mol. The molecule has 28 heavy (non-hydrogen) atoms. The molecule has 4 aliphatic carbocycles. The summed E-state index contributed by atoms with van der Waals surface area (Å²) in [5, 5.41) is 0. The standard InChI is InChI=1S/C23H27NO4/c1-13-15(12-25)23(27-4)8-7-21(13)17-11-14-5-6-16(26-3)19-18(14)22(21,20(23)28-19)9-10-24(17)2/h5-8,12-13,15,17,20H,9-11H2,1-4H3/t13-,15-,17+,20?,21+,22-,23+/m0/s1. The second kappa shape index (κ2) is 5.00. The van der Waals surface area contributed by atoms with Crippen LogP contribution in [0, 0.1) is 17.3 Å². The molecule has 1 saturated heterocycles. The van der Waals surface area contributed by atoms with Gasteiger partial charge in [-0.3, -0.25) is 0 Å². The summed E-state index contributed by atoms with van der Waals surface area (Å²) in [5.41, 5.74) is 1.64. The second-order valence-corrected chi connectivity index (χ2v) is 9.33. The van der Waals surface area contributed by atoms with Gasteiger partial charge in [0.25, 0.3) is 0 Å². The minimum atomic E-state index is -0.734. The van der Waals surface area contributed by atoms with Gasteiger partial charge in [0.15, 0.2) is 11.5 Å². The number of carbonyl (C=O) groups is 1. The first kappa shape index (κ1) is 17.0.